The number of nitrogens with one attached hydrogen (secondary N) is 3. The Hall–Kier alpha value is -2.72. The number of nitrogens with two attached hydrogens (primary N) is 1. The molecule has 2 saturated carbocycles. The predicted octanol–water partition coefficient (Wildman–Crippen LogP) is 2.32. The van der Waals surface area contributed by atoms with Crippen LogP contribution in [0.2, 0.25) is 0 Å². The van der Waals surface area contributed by atoms with Gasteiger partial charge in [-0.3, -0.25) is 0 Å². The zero-order valence-electron chi connectivity index (χ0n) is 16.9. The van der Waals surface area contributed by atoms with Crippen LogP contribution in [-0.4, -0.2) is 31.0 Å². The summed E-state index contributed by atoms with van der Waals surface area (Å²) >= 11 is 0. The van der Waals surface area contributed by atoms with E-state index in [-0.39, 0.29) is 47.2 Å². The molecule has 0 spiro atoms. The maximum absolute atomic E-state index is 14.6. The van der Waals surface area contributed by atoms with E-state index in [9.17, 15) is 12.8 Å². The van der Waals surface area contributed by atoms with E-state index in [1.54, 1.807) is 24.3 Å². The molecule has 2 aromatic rings. The van der Waals surface area contributed by atoms with Crippen molar-refractivity contribution in [1.82, 2.24) is 14.7 Å². The van der Waals surface area contributed by atoms with Gasteiger partial charge in [-0.05, 0) is 48.3 Å². The van der Waals surface area contributed by atoms with E-state index in [0.717, 1.165) is 19.0 Å². The van der Waals surface area contributed by atoms with Crippen molar-refractivity contribution in [2.45, 2.75) is 24.6 Å². The Kier molecular flexibility index (Phi) is 4.86. The summed E-state index contributed by atoms with van der Waals surface area (Å²) in [6.07, 6.45) is 2.88. The quantitative estimate of drug-likeness (QED) is 0.532. The lowest BCUT2D eigenvalue weighted by Crippen LogP contribution is -2.44. The molecule has 5 atom stereocenters. The molecule has 164 valence electrons. The Morgan fingerprint density at radius 3 is 2.90 bits per heavy atom. The number of anilines is 3. The number of aromatic nitrogens is 2. The highest BCUT2D eigenvalue weighted by molar-refractivity contribution is 7.88. The second-order valence-electron chi connectivity index (χ2n) is 8.75. The van der Waals surface area contributed by atoms with Crippen LogP contribution < -0.4 is 21.1 Å². The first kappa shape index (κ1) is 20.2. The number of hydrogen-bond donors (Lipinski definition) is 4. The highest BCUT2D eigenvalue weighted by atomic mass is 32.2. The van der Waals surface area contributed by atoms with Gasteiger partial charge in [0.05, 0.1) is 11.9 Å². The summed E-state index contributed by atoms with van der Waals surface area (Å²) in [4.78, 5) is 8.38. The van der Waals surface area contributed by atoms with Crippen LogP contribution in [-0.2, 0) is 15.8 Å². The van der Waals surface area contributed by atoms with Gasteiger partial charge in [-0.25, -0.2) is 22.5 Å². The van der Waals surface area contributed by atoms with E-state index in [1.807, 2.05) is 0 Å². The predicted molar refractivity (Wildman–Crippen MR) is 116 cm³/mol. The number of hydrogen-bond acceptors (Lipinski definition) is 7. The van der Waals surface area contributed by atoms with Gasteiger partial charge in [-0.2, -0.15) is 4.98 Å². The van der Waals surface area contributed by atoms with Crippen LogP contribution in [0.15, 0.2) is 42.7 Å². The normalized spacial score (nSPS) is 31.1. The van der Waals surface area contributed by atoms with Crippen molar-refractivity contribution in [3.05, 3.63) is 54.1 Å². The van der Waals surface area contributed by atoms with E-state index in [4.69, 9.17) is 5.73 Å². The molecule has 5 rings (SSSR count). The van der Waals surface area contributed by atoms with Gasteiger partial charge in [0.1, 0.15) is 0 Å². The monoisotopic (exact) mass is 444 g/mol. The highest BCUT2D eigenvalue weighted by Crippen LogP contribution is 2.54. The first-order valence-corrected chi connectivity index (χ1v) is 12.0. The average molecular weight is 445 g/mol. The Morgan fingerprint density at radius 2 is 2.10 bits per heavy atom. The van der Waals surface area contributed by atoms with Crippen molar-refractivity contribution in [2.75, 3.05) is 17.2 Å². The molecular formula is C21H25FN6O2S. The number of rotatable bonds is 1. The topological polar surface area (TPSA) is 122 Å². The maximum atomic E-state index is 14.6. The third kappa shape index (κ3) is 3.85. The fourth-order valence-electron chi connectivity index (χ4n) is 5.52. The fourth-order valence-corrected chi connectivity index (χ4v) is 6.71. The van der Waals surface area contributed by atoms with Crippen LogP contribution in [0.25, 0.3) is 0 Å². The summed E-state index contributed by atoms with van der Waals surface area (Å²) in [7, 11) is -3.50. The van der Waals surface area contributed by atoms with Crippen molar-refractivity contribution in [1.29, 1.82) is 0 Å². The van der Waals surface area contributed by atoms with Gasteiger partial charge in [0.25, 0.3) is 0 Å². The summed E-state index contributed by atoms with van der Waals surface area (Å²) in [6, 6.07) is 6.84. The second-order valence-corrected chi connectivity index (χ2v) is 10.6. The maximum Gasteiger partial charge on any atom is 0.229 e. The van der Waals surface area contributed by atoms with Crippen molar-refractivity contribution < 1.29 is 12.8 Å². The summed E-state index contributed by atoms with van der Waals surface area (Å²) in [5.74, 6) is 0.179. The molecule has 10 heteroatoms. The van der Waals surface area contributed by atoms with Crippen LogP contribution in [0.3, 0.4) is 0 Å². The molecule has 0 radical (unpaired) electrons. The molecule has 31 heavy (non-hydrogen) atoms. The minimum absolute atomic E-state index is 0.0191. The molecule has 2 fully saturated rings. The lowest BCUT2D eigenvalue weighted by Gasteiger charge is -2.36. The van der Waals surface area contributed by atoms with E-state index < -0.39 is 15.8 Å². The number of nitrogens with zero attached hydrogens (tertiary/aromatic N) is 2. The molecule has 2 aliphatic carbocycles. The van der Waals surface area contributed by atoms with Gasteiger partial charge in [-0.1, -0.05) is 18.7 Å². The highest BCUT2D eigenvalue weighted by Gasteiger charge is 2.53. The van der Waals surface area contributed by atoms with Crippen LogP contribution >= 0.6 is 0 Å². The average Bonchev–Trinajstić information content (AvgIpc) is 3.26. The molecule has 5 N–H and O–H groups in total. The van der Waals surface area contributed by atoms with Crippen molar-refractivity contribution in [3.8, 4) is 0 Å². The number of halogens is 1. The Labute approximate surface area is 180 Å². The molecule has 6 bridgehead atoms. The van der Waals surface area contributed by atoms with Gasteiger partial charge in [0, 0.05) is 29.9 Å². The van der Waals surface area contributed by atoms with E-state index in [2.05, 4.69) is 31.9 Å². The van der Waals surface area contributed by atoms with Crippen LogP contribution in [0, 0.1) is 29.5 Å². The lowest BCUT2D eigenvalue weighted by molar-refractivity contribution is 0.257. The Bertz CT molecular complexity index is 1140. The van der Waals surface area contributed by atoms with Gasteiger partial charge in [-0.15, -0.1) is 0 Å². The zero-order valence-corrected chi connectivity index (χ0v) is 17.7. The summed E-state index contributed by atoms with van der Waals surface area (Å²) in [5.41, 5.74) is 7.93. The van der Waals surface area contributed by atoms with E-state index >= 15 is 0 Å². The van der Waals surface area contributed by atoms with Crippen LogP contribution in [0.4, 0.5) is 21.8 Å². The molecule has 0 amide bonds. The standard InChI is InChI=1S/C21H25FN6O2S/c1-11(23)18-13-6-14-8-25-31(29,30)10-12-3-2-4-15(5-12)26-21-24-9-17(22)20(28-21)27-19(18)16(14)7-13/h2-5,9,13-14,16,18-19,25H,1,6-8,10,23H2,(H2,24,26,27,28)/t13-,14+,16-,18+,19-/m1/s1. The van der Waals surface area contributed by atoms with Gasteiger partial charge in [0.2, 0.25) is 16.0 Å². The second kappa shape index (κ2) is 7.45. The smallest absolute Gasteiger partial charge is 0.229 e. The first-order chi connectivity index (χ1) is 14.8. The molecule has 0 saturated heterocycles. The molecule has 1 aromatic heterocycles. The molecule has 0 unspecified atom stereocenters. The molecule has 8 nitrogen and oxygen atoms in total. The van der Waals surface area contributed by atoms with E-state index in [1.165, 1.54) is 0 Å². The molecular weight excluding hydrogens is 419 g/mol. The van der Waals surface area contributed by atoms with E-state index in [0.29, 0.717) is 23.5 Å². The van der Waals surface area contributed by atoms with Crippen LogP contribution in [0.5, 0.6) is 0 Å². The molecule has 2 heterocycles. The van der Waals surface area contributed by atoms with Crippen molar-refractivity contribution in [2.24, 2.45) is 29.4 Å². The zero-order chi connectivity index (χ0) is 21.8. The number of fused-ring (bicyclic) bond motifs is 5. The van der Waals surface area contributed by atoms with Crippen molar-refractivity contribution in [3.63, 3.8) is 0 Å². The minimum atomic E-state index is -3.50. The van der Waals surface area contributed by atoms with Gasteiger partial charge >= 0.3 is 0 Å². The number of sulfonamides is 1. The minimum Gasteiger partial charge on any atom is -0.402 e. The number of benzene rings is 1. The van der Waals surface area contributed by atoms with Gasteiger partial charge in [0.15, 0.2) is 11.6 Å². The largest absolute Gasteiger partial charge is 0.402 e. The third-order valence-corrected chi connectivity index (χ3v) is 8.04. The fraction of sp³-hybridized carbons (Fsp3) is 0.429. The van der Waals surface area contributed by atoms with Crippen LogP contribution in [0.1, 0.15) is 18.4 Å². The lowest BCUT2D eigenvalue weighted by atomic mass is 9.77. The SMILES string of the molecule is C=C(N)[C@H]1[C@@H]2C[C@H]3CNS(=O)(=O)Cc4cccc(c4)Nc4ncc(F)c(n4)N[C@@H]1[C@@H]3C2. The summed E-state index contributed by atoms with van der Waals surface area (Å²) < 4.78 is 42.8. The Morgan fingerprint density at radius 1 is 1.26 bits per heavy atom. The molecule has 1 aliphatic heterocycles. The molecule has 3 aliphatic rings. The molecule has 1 aromatic carbocycles. The third-order valence-electron chi connectivity index (χ3n) is 6.72. The Balaban J connectivity index is 1.56. The van der Waals surface area contributed by atoms with Crippen molar-refractivity contribution >= 4 is 27.5 Å². The van der Waals surface area contributed by atoms with Gasteiger partial charge < -0.3 is 16.4 Å². The first-order valence-electron chi connectivity index (χ1n) is 10.4. The summed E-state index contributed by atoms with van der Waals surface area (Å²) in [6.45, 7) is 4.30. The summed E-state index contributed by atoms with van der Waals surface area (Å²) in [5, 5.41) is 6.29.